The maximum Gasteiger partial charge on any atom is 0.263 e. The van der Waals surface area contributed by atoms with E-state index >= 15 is 0 Å². The first-order valence-corrected chi connectivity index (χ1v) is 11.9. The number of amides is 1. The smallest absolute Gasteiger partial charge is 0.263 e. The lowest BCUT2D eigenvalue weighted by Crippen LogP contribution is -2.46. The Bertz CT molecular complexity index is 1040. The molecule has 0 aliphatic rings. The molecule has 32 heavy (non-hydrogen) atoms. The first-order chi connectivity index (χ1) is 15.2. The van der Waals surface area contributed by atoms with E-state index in [9.17, 15) is 13.2 Å². The van der Waals surface area contributed by atoms with E-state index in [1.54, 1.807) is 42.5 Å². The Labute approximate surface area is 189 Å². The molecule has 0 heterocycles. The molecule has 0 unspecified atom stereocenters. The highest BCUT2D eigenvalue weighted by Gasteiger charge is 2.29. The molecule has 174 valence electrons. The maximum absolute atomic E-state index is 12.6. The van der Waals surface area contributed by atoms with Crippen molar-refractivity contribution in [3.8, 4) is 17.2 Å². The summed E-state index contributed by atoms with van der Waals surface area (Å²) in [6.45, 7) is 6.22. The van der Waals surface area contributed by atoms with Crippen LogP contribution in [0, 0.1) is 0 Å². The number of carbonyl (C=O) groups excluding carboxylic acids is 1. The molecule has 9 nitrogen and oxygen atoms in total. The Morgan fingerprint density at radius 1 is 1.09 bits per heavy atom. The summed E-state index contributed by atoms with van der Waals surface area (Å²) in [6, 6.07) is 10.6. The third kappa shape index (κ3) is 6.61. The van der Waals surface area contributed by atoms with E-state index in [1.165, 1.54) is 20.2 Å². The van der Waals surface area contributed by atoms with Gasteiger partial charge in [0.15, 0.2) is 11.5 Å². The molecule has 0 bridgehead atoms. The minimum absolute atomic E-state index is 0.341. The molecule has 1 atom stereocenters. The summed E-state index contributed by atoms with van der Waals surface area (Å²) in [5, 5.41) is 3.96. The van der Waals surface area contributed by atoms with Gasteiger partial charge in [0.2, 0.25) is 10.0 Å². The molecule has 0 aliphatic carbocycles. The van der Waals surface area contributed by atoms with Crippen molar-refractivity contribution in [1.29, 1.82) is 0 Å². The van der Waals surface area contributed by atoms with E-state index in [0.29, 0.717) is 41.7 Å². The summed E-state index contributed by atoms with van der Waals surface area (Å²) < 4.78 is 42.0. The molecular weight excluding hydrogens is 434 g/mol. The summed E-state index contributed by atoms with van der Waals surface area (Å²) in [5.74, 6) is 1.18. The topological polar surface area (TPSA) is 107 Å². The first kappa shape index (κ1) is 25.0. The largest absolute Gasteiger partial charge is 0.497 e. The fraction of sp³-hybridized carbons (Fsp3) is 0.364. The highest BCUT2D eigenvalue weighted by atomic mass is 32.2. The van der Waals surface area contributed by atoms with Gasteiger partial charge in [-0.3, -0.25) is 9.10 Å². The lowest BCUT2D eigenvalue weighted by molar-refractivity contribution is -0.121. The van der Waals surface area contributed by atoms with Crippen LogP contribution in [-0.4, -0.2) is 53.2 Å². The van der Waals surface area contributed by atoms with Crippen LogP contribution in [0.4, 0.5) is 5.69 Å². The van der Waals surface area contributed by atoms with Gasteiger partial charge < -0.3 is 14.2 Å². The van der Waals surface area contributed by atoms with Gasteiger partial charge in [-0.1, -0.05) is 0 Å². The van der Waals surface area contributed by atoms with Crippen molar-refractivity contribution in [3.63, 3.8) is 0 Å². The van der Waals surface area contributed by atoms with Crippen LogP contribution >= 0.6 is 0 Å². The number of hydrogen-bond acceptors (Lipinski definition) is 7. The monoisotopic (exact) mass is 463 g/mol. The molecule has 0 saturated heterocycles. The van der Waals surface area contributed by atoms with Crippen molar-refractivity contribution in [1.82, 2.24) is 5.43 Å². The van der Waals surface area contributed by atoms with Crippen LogP contribution < -0.4 is 23.9 Å². The summed E-state index contributed by atoms with van der Waals surface area (Å²) >= 11 is 0. The second-order valence-corrected chi connectivity index (χ2v) is 8.60. The second-order valence-electron chi connectivity index (χ2n) is 6.74. The van der Waals surface area contributed by atoms with Gasteiger partial charge in [-0.05, 0) is 68.8 Å². The Kier molecular flexibility index (Phi) is 8.89. The minimum Gasteiger partial charge on any atom is -0.497 e. The quantitative estimate of drug-likeness (QED) is 0.406. The van der Waals surface area contributed by atoms with Gasteiger partial charge in [-0.25, -0.2) is 13.8 Å². The predicted molar refractivity (Wildman–Crippen MR) is 124 cm³/mol. The second kappa shape index (κ2) is 11.4. The molecule has 1 N–H and O–H groups in total. The summed E-state index contributed by atoms with van der Waals surface area (Å²) in [6.07, 6.45) is 2.49. The van der Waals surface area contributed by atoms with Crippen molar-refractivity contribution >= 4 is 27.8 Å². The van der Waals surface area contributed by atoms with Crippen molar-refractivity contribution in [2.45, 2.75) is 26.8 Å². The van der Waals surface area contributed by atoms with Crippen LogP contribution in [0.1, 0.15) is 26.3 Å². The zero-order valence-electron chi connectivity index (χ0n) is 18.9. The van der Waals surface area contributed by atoms with Gasteiger partial charge in [0.1, 0.15) is 11.8 Å². The number of carbonyl (C=O) groups is 1. The van der Waals surface area contributed by atoms with E-state index in [1.807, 2.05) is 13.8 Å². The molecule has 0 radical (unpaired) electrons. The third-order valence-electron chi connectivity index (χ3n) is 4.37. The molecule has 0 aliphatic heterocycles. The molecule has 2 aromatic carbocycles. The average molecular weight is 464 g/mol. The lowest BCUT2D eigenvalue weighted by Gasteiger charge is -2.27. The molecular formula is C22H29N3O6S. The van der Waals surface area contributed by atoms with Gasteiger partial charge in [0, 0.05) is 0 Å². The van der Waals surface area contributed by atoms with Crippen molar-refractivity contribution in [2.75, 3.05) is 30.9 Å². The number of anilines is 1. The van der Waals surface area contributed by atoms with Crippen LogP contribution in [0.3, 0.4) is 0 Å². The highest BCUT2D eigenvalue weighted by molar-refractivity contribution is 7.92. The normalized spacial score (nSPS) is 12.3. The van der Waals surface area contributed by atoms with Crippen LogP contribution in [0.15, 0.2) is 47.6 Å². The van der Waals surface area contributed by atoms with Gasteiger partial charge in [0.05, 0.1) is 38.5 Å². The number of hydrogen-bond donors (Lipinski definition) is 1. The van der Waals surface area contributed by atoms with Crippen molar-refractivity contribution in [3.05, 3.63) is 48.0 Å². The molecule has 2 rings (SSSR count). The summed E-state index contributed by atoms with van der Waals surface area (Å²) in [5.41, 5.74) is 3.42. The van der Waals surface area contributed by atoms with Gasteiger partial charge in [-0.15, -0.1) is 0 Å². The molecule has 0 saturated carbocycles. The fourth-order valence-electron chi connectivity index (χ4n) is 2.95. The molecule has 0 fully saturated rings. The first-order valence-electron chi connectivity index (χ1n) is 10.1. The van der Waals surface area contributed by atoms with Gasteiger partial charge in [0.25, 0.3) is 5.91 Å². The van der Waals surface area contributed by atoms with Gasteiger partial charge >= 0.3 is 0 Å². The molecule has 10 heteroatoms. The minimum atomic E-state index is -3.73. The van der Waals surface area contributed by atoms with E-state index in [-0.39, 0.29) is 0 Å². The Morgan fingerprint density at radius 3 is 2.28 bits per heavy atom. The fourth-order valence-corrected chi connectivity index (χ4v) is 4.12. The number of ether oxygens (including phenoxy) is 3. The third-order valence-corrected chi connectivity index (χ3v) is 5.61. The van der Waals surface area contributed by atoms with Crippen LogP contribution in [0.5, 0.6) is 17.2 Å². The van der Waals surface area contributed by atoms with Crippen LogP contribution in [-0.2, 0) is 14.8 Å². The van der Waals surface area contributed by atoms with Crippen LogP contribution in [0.2, 0.25) is 0 Å². The molecule has 2 aromatic rings. The number of rotatable bonds is 11. The lowest BCUT2D eigenvalue weighted by atomic mass is 10.2. The van der Waals surface area contributed by atoms with Crippen molar-refractivity contribution in [2.24, 2.45) is 5.10 Å². The Morgan fingerprint density at radius 2 is 1.72 bits per heavy atom. The molecule has 0 aromatic heterocycles. The van der Waals surface area contributed by atoms with Crippen LogP contribution in [0.25, 0.3) is 0 Å². The molecule has 1 amide bonds. The number of nitrogens with zero attached hydrogens (tertiary/aromatic N) is 2. The van der Waals surface area contributed by atoms with E-state index in [2.05, 4.69) is 10.5 Å². The number of nitrogens with one attached hydrogen (secondary N) is 1. The molecule has 0 spiro atoms. The number of methoxy groups -OCH3 is 1. The number of hydrazone groups is 1. The Hall–Kier alpha value is -3.27. The summed E-state index contributed by atoms with van der Waals surface area (Å²) in [4.78, 5) is 12.6. The maximum atomic E-state index is 12.6. The number of sulfonamides is 1. The zero-order chi connectivity index (χ0) is 23.7. The highest BCUT2D eigenvalue weighted by Crippen LogP contribution is 2.28. The van der Waals surface area contributed by atoms with Crippen molar-refractivity contribution < 1.29 is 27.4 Å². The predicted octanol–water partition coefficient (Wildman–Crippen LogP) is 2.80. The SMILES string of the molecule is CCOc1ccc(/C=N\NC(=O)[C@H](C)N(c2ccc(OC)cc2)S(C)(=O)=O)cc1OCC. The average Bonchev–Trinajstić information content (AvgIpc) is 2.75. The zero-order valence-corrected chi connectivity index (χ0v) is 19.7. The van der Waals surface area contributed by atoms with Gasteiger partial charge in [-0.2, -0.15) is 5.10 Å². The Balaban J connectivity index is 2.15. The number of benzene rings is 2. The standard InChI is InChI=1S/C22H29N3O6S/c1-6-30-20-13-8-17(14-21(20)31-7-2)15-23-24-22(26)16(3)25(32(5,27)28)18-9-11-19(29-4)12-10-18/h8-16H,6-7H2,1-5H3,(H,24,26)/b23-15-/t16-/m0/s1. The summed E-state index contributed by atoms with van der Waals surface area (Å²) in [7, 11) is -2.22. The van der Waals surface area contributed by atoms with E-state index in [0.717, 1.165) is 10.6 Å². The van der Waals surface area contributed by atoms with E-state index < -0.39 is 22.0 Å². The van der Waals surface area contributed by atoms with E-state index in [4.69, 9.17) is 14.2 Å².